The van der Waals surface area contributed by atoms with Gasteiger partial charge in [0.15, 0.2) is 0 Å². The zero-order valence-corrected chi connectivity index (χ0v) is 11.7. The highest BCUT2D eigenvalue weighted by Gasteiger charge is 2.39. The molecule has 1 aromatic rings. The maximum absolute atomic E-state index is 12.9. The third-order valence-electron chi connectivity index (χ3n) is 3.25. The molecule has 0 atom stereocenters. The second kappa shape index (κ2) is 6.07. The van der Waals surface area contributed by atoms with Crippen molar-refractivity contribution in [2.24, 2.45) is 0 Å². The van der Waals surface area contributed by atoms with E-state index in [1.807, 2.05) is 0 Å². The Morgan fingerprint density at radius 3 is 2.80 bits per heavy atom. The van der Waals surface area contributed by atoms with Gasteiger partial charge in [0.1, 0.15) is 0 Å². The molecule has 0 bridgehead atoms. The second-order valence-electron chi connectivity index (χ2n) is 4.69. The van der Waals surface area contributed by atoms with Gasteiger partial charge in [-0.25, -0.2) is 4.98 Å². The Bertz CT molecular complexity index is 499. The standard InChI is InChI=1S/C12H16F3N3OS/c13-12(14,15)11-17-8(7-16-10(19)4-6-20)9-3-1-2-5-18(9)11/h20H,1-7H2,(H,16,19). The van der Waals surface area contributed by atoms with Crippen molar-refractivity contribution in [1.82, 2.24) is 14.9 Å². The maximum Gasteiger partial charge on any atom is 0.449 e. The highest BCUT2D eigenvalue weighted by atomic mass is 32.1. The number of hydrogen-bond acceptors (Lipinski definition) is 3. The van der Waals surface area contributed by atoms with Crippen molar-refractivity contribution in [2.75, 3.05) is 5.75 Å². The molecule has 0 saturated heterocycles. The van der Waals surface area contributed by atoms with Crippen molar-refractivity contribution >= 4 is 18.5 Å². The molecule has 20 heavy (non-hydrogen) atoms. The Labute approximate surface area is 120 Å². The van der Waals surface area contributed by atoms with Gasteiger partial charge in [0, 0.05) is 18.7 Å². The van der Waals surface area contributed by atoms with Gasteiger partial charge in [-0.1, -0.05) is 0 Å². The van der Waals surface area contributed by atoms with Crippen molar-refractivity contribution in [3.63, 3.8) is 0 Å². The number of rotatable bonds is 4. The summed E-state index contributed by atoms with van der Waals surface area (Å²) in [4.78, 5) is 15.1. The predicted octanol–water partition coefficient (Wildman–Crippen LogP) is 2.17. The lowest BCUT2D eigenvalue weighted by atomic mass is 10.1. The summed E-state index contributed by atoms with van der Waals surface area (Å²) in [5.74, 6) is -0.683. The number of amides is 1. The molecule has 0 fully saturated rings. The molecule has 0 saturated carbocycles. The van der Waals surface area contributed by atoms with E-state index in [0.717, 1.165) is 12.8 Å². The summed E-state index contributed by atoms with van der Waals surface area (Å²) >= 11 is 3.93. The Kier molecular flexibility index (Phi) is 4.62. The molecule has 2 rings (SSSR count). The minimum atomic E-state index is -4.46. The van der Waals surface area contributed by atoms with Gasteiger partial charge in [0.05, 0.1) is 12.2 Å². The van der Waals surface area contributed by atoms with E-state index in [9.17, 15) is 18.0 Å². The van der Waals surface area contributed by atoms with Crippen LogP contribution in [0.3, 0.4) is 0 Å². The molecular weight excluding hydrogens is 291 g/mol. The number of fused-ring (bicyclic) bond motifs is 1. The van der Waals surface area contributed by atoms with Gasteiger partial charge >= 0.3 is 6.18 Å². The third-order valence-corrected chi connectivity index (χ3v) is 3.47. The van der Waals surface area contributed by atoms with Crippen molar-refractivity contribution in [3.8, 4) is 0 Å². The van der Waals surface area contributed by atoms with Crippen LogP contribution in [0.1, 0.15) is 36.5 Å². The number of aromatic nitrogens is 2. The van der Waals surface area contributed by atoms with E-state index in [2.05, 4.69) is 22.9 Å². The first-order chi connectivity index (χ1) is 9.43. The summed E-state index contributed by atoms with van der Waals surface area (Å²) in [6, 6.07) is 0. The average molecular weight is 307 g/mol. The van der Waals surface area contributed by atoms with Crippen molar-refractivity contribution in [3.05, 3.63) is 17.2 Å². The van der Waals surface area contributed by atoms with Crippen LogP contribution in [-0.2, 0) is 30.5 Å². The molecular formula is C12H16F3N3OS. The number of nitrogens with one attached hydrogen (secondary N) is 1. The molecule has 0 unspecified atom stereocenters. The fourth-order valence-corrected chi connectivity index (χ4v) is 2.55. The predicted molar refractivity (Wildman–Crippen MR) is 70.5 cm³/mol. The number of carbonyl (C=O) groups excluding carboxylic acids is 1. The van der Waals surface area contributed by atoms with Crippen LogP contribution in [0.2, 0.25) is 0 Å². The molecule has 0 aromatic carbocycles. The molecule has 112 valence electrons. The molecule has 1 aliphatic rings. The van der Waals surface area contributed by atoms with E-state index in [4.69, 9.17) is 0 Å². The second-order valence-corrected chi connectivity index (χ2v) is 5.13. The zero-order valence-electron chi connectivity index (χ0n) is 10.8. The summed E-state index contributed by atoms with van der Waals surface area (Å²) in [6.45, 7) is 0.375. The van der Waals surface area contributed by atoms with Crippen LogP contribution >= 0.6 is 12.6 Å². The fourth-order valence-electron chi connectivity index (χ4n) is 2.35. The summed E-state index contributed by atoms with van der Waals surface area (Å²) in [6.07, 6.45) is -2.08. The molecule has 0 aliphatic carbocycles. The van der Waals surface area contributed by atoms with E-state index in [0.29, 0.717) is 30.1 Å². The number of nitrogens with zero attached hydrogens (tertiary/aromatic N) is 2. The Balaban J connectivity index is 2.21. The van der Waals surface area contributed by atoms with Gasteiger partial charge in [0.2, 0.25) is 11.7 Å². The van der Waals surface area contributed by atoms with Gasteiger partial charge in [-0.3, -0.25) is 4.79 Å². The van der Waals surface area contributed by atoms with Crippen molar-refractivity contribution in [2.45, 2.75) is 44.9 Å². The highest BCUT2D eigenvalue weighted by molar-refractivity contribution is 7.80. The largest absolute Gasteiger partial charge is 0.449 e. The maximum atomic E-state index is 12.9. The van der Waals surface area contributed by atoms with Crippen LogP contribution in [0.5, 0.6) is 0 Å². The minimum absolute atomic E-state index is 0.0397. The van der Waals surface area contributed by atoms with Crippen LogP contribution in [0.25, 0.3) is 0 Å². The number of hydrogen-bond donors (Lipinski definition) is 2. The van der Waals surface area contributed by atoms with Gasteiger partial charge in [-0.15, -0.1) is 0 Å². The van der Waals surface area contributed by atoms with Crippen LogP contribution in [0, 0.1) is 0 Å². The lowest BCUT2D eigenvalue weighted by molar-refractivity contribution is -0.147. The first-order valence-corrected chi connectivity index (χ1v) is 7.09. The quantitative estimate of drug-likeness (QED) is 0.838. The van der Waals surface area contributed by atoms with Gasteiger partial charge < -0.3 is 9.88 Å². The van der Waals surface area contributed by atoms with Gasteiger partial charge in [-0.2, -0.15) is 25.8 Å². The zero-order chi connectivity index (χ0) is 14.8. The van der Waals surface area contributed by atoms with Gasteiger partial charge in [0.25, 0.3) is 0 Å². The Morgan fingerprint density at radius 1 is 1.40 bits per heavy atom. The van der Waals surface area contributed by atoms with Crippen LogP contribution in [0.4, 0.5) is 13.2 Å². The fraction of sp³-hybridized carbons (Fsp3) is 0.667. The molecule has 0 radical (unpaired) electrons. The summed E-state index contributed by atoms with van der Waals surface area (Å²) in [5, 5.41) is 2.58. The monoisotopic (exact) mass is 307 g/mol. The highest BCUT2D eigenvalue weighted by Crippen LogP contribution is 2.32. The van der Waals surface area contributed by atoms with E-state index in [1.54, 1.807) is 0 Å². The van der Waals surface area contributed by atoms with E-state index < -0.39 is 12.0 Å². The Hall–Kier alpha value is -1.18. The van der Waals surface area contributed by atoms with Gasteiger partial charge in [-0.05, 0) is 25.0 Å². The molecule has 1 aliphatic heterocycles. The minimum Gasteiger partial charge on any atom is -0.350 e. The van der Waals surface area contributed by atoms with Crippen LogP contribution < -0.4 is 5.32 Å². The number of thiol groups is 1. The van der Waals surface area contributed by atoms with Crippen molar-refractivity contribution < 1.29 is 18.0 Å². The topological polar surface area (TPSA) is 46.9 Å². The first-order valence-electron chi connectivity index (χ1n) is 6.46. The van der Waals surface area contributed by atoms with E-state index >= 15 is 0 Å². The lowest BCUT2D eigenvalue weighted by Crippen LogP contribution is -2.24. The van der Waals surface area contributed by atoms with E-state index in [1.165, 1.54) is 4.57 Å². The lowest BCUT2D eigenvalue weighted by Gasteiger charge is -2.18. The normalized spacial score (nSPS) is 15.0. The molecule has 8 heteroatoms. The Morgan fingerprint density at radius 2 is 2.15 bits per heavy atom. The van der Waals surface area contributed by atoms with Crippen molar-refractivity contribution in [1.29, 1.82) is 0 Å². The molecule has 0 spiro atoms. The van der Waals surface area contributed by atoms with Crippen LogP contribution in [-0.4, -0.2) is 21.2 Å². The molecule has 1 N–H and O–H groups in total. The molecule has 4 nitrogen and oxygen atoms in total. The third kappa shape index (κ3) is 3.28. The smallest absolute Gasteiger partial charge is 0.350 e. The summed E-state index contributed by atoms with van der Waals surface area (Å²) in [5.41, 5.74) is 0.916. The molecule has 2 heterocycles. The summed E-state index contributed by atoms with van der Waals surface area (Å²) < 4.78 is 40.0. The van der Waals surface area contributed by atoms with Crippen LogP contribution in [0.15, 0.2) is 0 Å². The average Bonchev–Trinajstić information content (AvgIpc) is 2.75. The van der Waals surface area contributed by atoms with E-state index in [-0.39, 0.29) is 18.9 Å². The molecule has 1 aromatic heterocycles. The molecule has 1 amide bonds. The number of carbonyl (C=O) groups is 1. The number of alkyl halides is 3. The summed E-state index contributed by atoms with van der Waals surface area (Å²) in [7, 11) is 0. The number of halogens is 3. The first kappa shape index (κ1) is 15.2. The SMILES string of the molecule is O=C(CCS)NCc1nc(C(F)(F)F)n2c1CCCC2. The number of imidazole rings is 1.